The highest BCUT2D eigenvalue weighted by Crippen LogP contribution is 2.40. The van der Waals surface area contributed by atoms with Crippen molar-refractivity contribution in [1.82, 2.24) is 9.80 Å². The lowest BCUT2D eigenvalue weighted by Crippen LogP contribution is -2.40. The minimum Gasteiger partial charge on any atom is -0.378 e. The number of imide groups is 2. The third-order valence-electron chi connectivity index (χ3n) is 12.4. The maximum Gasteiger partial charge on any atom is 0.261 e. The summed E-state index contributed by atoms with van der Waals surface area (Å²) in [7, 11) is 0. The fraction of sp³-hybridized carbons (Fsp3) is 0.208. The van der Waals surface area contributed by atoms with Crippen molar-refractivity contribution in [2.45, 2.75) is 13.1 Å². The van der Waals surface area contributed by atoms with E-state index in [0.29, 0.717) is 59.5 Å². The van der Waals surface area contributed by atoms with Crippen molar-refractivity contribution in [3.05, 3.63) is 143 Å². The van der Waals surface area contributed by atoms with Crippen LogP contribution in [-0.4, -0.2) is 86.0 Å². The number of ether oxygens (including phenoxy) is 2. The molecule has 0 saturated carbocycles. The summed E-state index contributed by atoms with van der Waals surface area (Å²) in [6.45, 7) is 5.68. The Hall–Kier alpha value is -6.62. The van der Waals surface area contributed by atoms with E-state index in [0.717, 1.165) is 81.0 Å². The molecule has 0 atom stereocenters. The molecule has 2 saturated heterocycles. The largest absolute Gasteiger partial charge is 0.378 e. The first-order valence-electron chi connectivity index (χ1n) is 19.9. The third-order valence-corrected chi connectivity index (χ3v) is 12.4. The Morgan fingerprint density at radius 2 is 0.810 bits per heavy atom. The number of fused-ring (bicyclic) bond motifs is 2. The molecule has 0 aromatic heterocycles. The van der Waals surface area contributed by atoms with Gasteiger partial charge in [0, 0.05) is 81.4 Å². The molecule has 10 heteroatoms. The molecule has 11 rings (SSSR count). The molecule has 2 fully saturated rings. The van der Waals surface area contributed by atoms with Crippen LogP contribution in [0.4, 0.5) is 11.4 Å². The van der Waals surface area contributed by atoms with Crippen LogP contribution < -0.4 is 9.80 Å². The van der Waals surface area contributed by atoms with Crippen molar-refractivity contribution < 1.29 is 28.7 Å². The average molecular weight is 767 g/mol. The lowest BCUT2D eigenvalue weighted by Gasteiger charge is -2.32. The van der Waals surface area contributed by atoms with Crippen molar-refractivity contribution in [2.75, 3.05) is 62.4 Å². The van der Waals surface area contributed by atoms with Gasteiger partial charge in [0.05, 0.1) is 39.5 Å². The molecular weight excluding hydrogens is 729 g/mol. The molecule has 0 spiro atoms. The van der Waals surface area contributed by atoms with Crippen LogP contribution in [0, 0.1) is 0 Å². The number of rotatable bonds is 6. The summed E-state index contributed by atoms with van der Waals surface area (Å²) in [6, 6.07) is 35.1. The number of hydrogen-bond donors (Lipinski definition) is 0. The molecule has 7 aromatic carbocycles. The van der Waals surface area contributed by atoms with E-state index < -0.39 is 0 Å². The summed E-state index contributed by atoms with van der Waals surface area (Å²) >= 11 is 0. The Balaban J connectivity index is 0.935. The summed E-state index contributed by atoms with van der Waals surface area (Å²) in [4.78, 5) is 64.2. The number of carbonyl (C=O) groups excluding carboxylic acids is 4. The summed E-state index contributed by atoms with van der Waals surface area (Å²) in [5, 5.41) is 6.87. The molecule has 0 unspecified atom stereocenters. The molecule has 0 bridgehead atoms. The van der Waals surface area contributed by atoms with E-state index in [2.05, 4.69) is 21.9 Å². The van der Waals surface area contributed by atoms with Gasteiger partial charge >= 0.3 is 0 Å². The van der Waals surface area contributed by atoms with E-state index in [-0.39, 0.29) is 36.7 Å². The molecule has 4 aliphatic rings. The van der Waals surface area contributed by atoms with Crippen LogP contribution in [0.2, 0.25) is 0 Å². The maximum absolute atomic E-state index is 14.2. The van der Waals surface area contributed by atoms with E-state index in [1.54, 1.807) is 0 Å². The van der Waals surface area contributed by atoms with E-state index in [1.807, 2.05) is 97.1 Å². The number of benzene rings is 7. The molecular formula is C48H38N4O6. The van der Waals surface area contributed by atoms with Gasteiger partial charge in [-0.15, -0.1) is 0 Å². The summed E-state index contributed by atoms with van der Waals surface area (Å²) in [5.41, 5.74) is 5.70. The quantitative estimate of drug-likeness (QED) is 0.126. The van der Waals surface area contributed by atoms with Crippen LogP contribution in [0.25, 0.3) is 43.1 Å². The Bertz CT molecular complexity index is 2690. The summed E-state index contributed by atoms with van der Waals surface area (Å²) < 4.78 is 11.1. The molecule has 0 radical (unpaired) electrons. The normalized spacial score (nSPS) is 17.1. The first kappa shape index (κ1) is 34.6. The summed E-state index contributed by atoms with van der Waals surface area (Å²) in [6.07, 6.45) is 0. The molecule has 4 heterocycles. The predicted molar refractivity (Wildman–Crippen MR) is 224 cm³/mol. The highest BCUT2D eigenvalue weighted by Gasteiger charge is 2.36. The second-order valence-electron chi connectivity index (χ2n) is 15.4. The smallest absolute Gasteiger partial charge is 0.261 e. The molecule has 4 amide bonds. The second-order valence-corrected chi connectivity index (χ2v) is 15.4. The minimum absolute atomic E-state index is 0.0834. The molecule has 58 heavy (non-hydrogen) atoms. The van der Waals surface area contributed by atoms with Crippen LogP contribution in [0.1, 0.15) is 52.6 Å². The molecule has 4 aliphatic heterocycles. The molecule has 10 nitrogen and oxygen atoms in total. The van der Waals surface area contributed by atoms with Gasteiger partial charge in [-0.2, -0.15) is 0 Å². The monoisotopic (exact) mass is 766 g/mol. The Morgan fingerprint density at radius 1 is 0.414 bits per heavy atom. The topological polar surface area (TPSA) is 99.7 Å². The van der Waals surface area contributed by atoms with Crippen LogP contribution in [0.15, 0.2) is 109 Å². The molecule has 286 valence electrons. The Kier molecular flexibility index (Phi) is 8.06. The van der Waals surface area contributed by atoms with Gasteiger partial charge in [-0.3, -0.25) is 29.0 Å². The average Bonchev–Trinajstić information content (AvgIpc) is 3.27. The first-order chi connectivity index (χ1) is 28.4. The SMILES string of the molecule is O=C1c2cccc3c(N4CCOCC4)ccc(c23)C(=O)N1Cc1cccc2cc3cccc(CN4C(=O)c5cccc6c(N7CCOCC7)ccc(c56)C4=O)c3cc12. The van der Waals surface area contributed by atoms with Gasteiger partial charge in [-0.1, -0.05) is 60.7 Å². The fourth-order valence-electron chi connectivity index (χ4n) is 9.51. The number of carbonyl (C=O) groups is 4. The van der Waals surface area contributed by atoms with Crippen LogP contribution in [0.5, 0.6) is 0 Å². The van der Waals surface area contributed by atoms with Gasteiger partial charge in [0.1, 0.15) is 0 Å². The molecule has 0 aliphatic carbocycles. The van der Waals surface area contributed by atoms with E-state index in [9.17, 15) is 19.2 Å². The van der Waals surface area contributed by atoms with Gasteiger partial charge in [0.25, 0.3) is 23.6 Å². The van der Waals surface area contributed by atoms with Crippen LogP contribution in [-0.2, 0) is 22.6 Å². The lowest BCUT2D eigenvalue weighted by molar-refractivity contribution is 0.0584. The second kappa shape index (κ2) is 13.5. The number of amides is 4. The highest BCUT2D eigenvalue weighted by atomic mass is 16.5. The first-order valence-corrected chi connectivity index (χ1v) is 19.9. The van der Waals surface area contributed by atoms with Crippen molar-refractivity contribution >= 4 is 78.1 Å². The minimum atomic E-state index is -0.324. The van der Waals surface area contributed by atoms with Gasteiger partial charge in [-0.25, -0.2) is 0 Å². The standard InChI is InChI=1S/C48H38N4O6/c53-45-35-11-3-9-33-41(49-17-21-57-22-18-49)15-13-37(43(33)35)47(55)51(45)27-31-7-1-5-29-25-30-6-2-8-32(40(30)26-39(29)31)28-52-46(54)36-12-4-10-34-42(50-19-23-58-24-20-50)16-14-38(44(34)36)48(52)56/h1-16,25-26H,17-24,27-28H2. The lowest BCUT2D eigenvalue weighted by atomic mass is 9.91. The van der Waals surface area contributed by atoms with E-state index in [4.69, 9.17) is 9.47 Å². The van der Waals surface area contributed by atoms with Crippen LogP contribution >= 0.6 is 0 Å². The summed E-state index contributed by atoms with van der Waals surface area (Å²) in [5.74, 6) is -1.30. The molecule has 7 aromatic rings. The van der Waals surface area contributed by atoms with E-state index >= 15 is 0 Å². The van der Waals surface area contributed by atoms with Crippen molar-refractivity contribution in [3.8, 4) is 0 Å². The fourth-order valence-corrected chi connectivity index (χ4v) is 9.51. The predicted octanol–water partition coefficient (Wildman–Crippen LogP) is 7.57. The molecule has 0 N–H and O–H groups in total. The zero-order valence-electron chi connectivity index (χ0n) is 31.7. The third kappa shape index (κ3) is 5.32. The van der Waals surface area contributed by atoms with Gasteiger partial charge in [0.15, 0.2) is 0 Å². The zero-order valence-corrected chi connectivity index (χ0v) is 31.7. The van der Waals surface area contributed by atoms with Crippen molar-refractivity contribution in [3.63, 3.8) is 0 Å². The van der Waals surface area contributed by atoms with Gasteiger partial charge in [0.2, 0.25) is 0 Å². The number of morpholine rings is 2. The van der Waals surface area contributed by atoms with Gasteiger partial charge in [-0.05, 0) is 81.2 Å². The number of hydrogen-bond acceptors (Lipinski definition) is 8. The van der Waals surface area contributed by atoms with Gasteiger partial charge < -0.3 is 19.3 Å². The number of nitrogens with zero attached hydrogens (tertiary/aromatic N) is 4. The van der Waals surface area contributed by atoms with Crippen molar-refractivity contribution in [1.29, 1.82) is 0 Å². The zero-order chi connectivity index (χ0) is 39.1. The highest BCUT2D eigenvalue weighted by molar-refractivity contribution is 6.28. The Morgan fingerprint density at radius 3 is 1.24 bits per heavy atom. The van der Waals surface area contributed by atoms with Crippen molar-refractivity contribution in [2.24, 2.45) is 0 Å². The van der Waals surface area contributed by atoms with E-state index in [1.165, 1.54) is 9.80 Å². The van der Waals surface area contributed by atoms with Crippen LogP contribution in [0.3, 0.4) is 0 Å². The maximum atomic E-state index is 14.2. The number of anilines is 2. The Labute approximate surface area is 333 Å².